The fraction of sp³-hybridized carbons (Fsp3) is 0.143. The summed E-state index contributed by atoms with van der Waals surface area (Å²) < 4.78 is 18.5. The van der Waals surface area contributed by atoms with Gasteiger partial charge in [-0.3, -0.25) is 4.99 Å². The van der Waals surface area contributed by atoms with E-state index in [4.69, 9.17) is 13.9 Å². The van der Waals surface area contributed by atoms with E-state index in [2.05, 4.69) is 10.1 Å². The minimum Gasteiger partial charge on any atom is -0.497 e. The zero-order valence-corrected chi connectivity index (χ0v) is 16.6. The Kier molecular flexibility index (Phi) is 4.99. The van der Waals surface area contributed by atoms with Gasteiger partial charge in [0.1, 0.15) is 22.8 Å². The van der Waals surface area contributed by atoms with Crippen molar-refractivity contribution in [2.75, 3.05) is 21.3 Å². The summed E-state index contributed by atoms with van der Waals surface area (Å²) >= 11 is 1.50. The van der Waals surface area contributed by atoms with Crippen LogP contribution in [0.25, 0.3) is 22.4 Å². The Morgan fingerprint density at radius 2 is 1.93 bits per heavy atom. The fourth-order valence-corrected chi connectivity index (χ4v) is 3.67. The average Bonchev–Trinajstić information content (AvgIpc) is 3.35. The number of rotatable bonds is 5. The first-order valence-electron chi connectivity index (χ1n) is 8.62. The molecule has 0 saturated heterocycles. The van der Waals surface area contributed by atoms with Crippen LogP contribution in [0.5, 0.6) is 11.5 Å². The van der Waals surface area contributed by atoms with Crippen molar-refractivity contribution in [3.8, 4) is 23.0 Å². The second kappa shape index (κ2) is 7.74. The molecule has 0 saturated carbocycles. The number of hydrogen-bond acceptors (Lipinski definition) is 6. The lowest BCUT2D eigenvalue weighted by Gasteiger charge is -2.07. The molecule has 28 heavy (non-hydrogen) atoms. The highest BCUT2D eigenvalue weighted by Crippen LogP contribution is 2.28. The summed E-state index contributed by atoms with van der Waals surface area (Å²) in [5.74, 6) is 2.15. The third-order valence-electron chi connectivity index (χ3n) is 4.31. The summed E-state index contributed by atoms with van der Waals surface area (Å²) in [5.41, 5.74) is 2.51. The van der Waals surface area contributed by atoms with Gasteiger partial charge in [-0.05, 0) is 24.3 Å². The standard InChI is InChI=1S/C21H19N3O3S/c1-22-21-24(23-12-15-8-9-16(25-2)11-19(15)26-3)17(13-28-21)20-10-14-6-4-5-7-18(14)27-20/h4-13H,1-3H3. The number of nitrogens with zero attached hydrogens (tertiary/aromatic N) is 3. The first-order chi connectivity index (χ1) is 13.7. The summed E-state index contributed by atoms with van der Waals surface area (Å²) in [6.07, 6.45) is 1.74. The number of ether oxygens (including phenoxy) is 2. The summed E-state index contributed by atoms with van der Waals surface area (Å²) in [4.78, 5) is 5.09. The number of para-hydroxylation sites is 1. The maximum Gasteiger partial charge on any atom is 0.206 e. The van der Waals surface area contributed by atoms with E-state index in [0.717, 1.165) is 38.5 Å². The van der Waals surface area contributed by atoms with Crippen LogP contribution in [0.4, 0.5) is 0 Å². The molecule has 142 valence electrons. The molecule has 0 spiro atoms. The molecule has 0 aliphatic rings. The fourth-order valence-electron chi connectivity index (χ4n) is 2.89. The Bertz CT molecular complexity index is 1180. The lowest BCUT2D eigenvalue weighted by Crippen LogP contribution is -2.11. The third-order valence-corrected chi connectivity index (χ3v) is 5.21. The first-order valence-corrected chi connectivity index (χ1v) is 9.50. The van der Waals surface area contributed by atoms with Gasteiger partial charge in [-0.15, -0.1) is 11.3 Å². The topological polar surface area (TPSA) is 61.2 Å². The molecular weight excluding hydrogens is 374 g/mol. The average molecular weight is 393 g/mol. The van der Waals surface area contributed by atoms with Crippen LogP contribution in [0.2, 0.25) is 0 Å². The van der Waals surface area contributed by atoms with Gasteiger partial charge in [-0.2, -0.15) is 5.10 Å². The second-order valence-corrected chi connectivity index (χ2v) is 6.78. The van der Waals surface area contributed by atoms with E-state index in [1.807, 2.05) is 53.9 Å². The maximum absolute atomic E-state index is 6.01. The van der Waals surface area contributed by atoms with E-state index in [-0.39, 0.29) is 0 Å². The zero-order chi connectivity index (χ0) is 19.5. The Morgan fingerprint density at radius 1 is 1.07 bits per heavy atom. The third kappa shape index (κ3) is 3.32. The number of benzene rings is 2. The number of aromatic nitrogens is 1. The molecular formula is C21H19N3O3S. The van der Waals surface area contributed by atoms with E-state index in [1.54, 1.807) is 32.2 Å². The molecule has 4 rings (SSSR count). The van der Waals surface area contributed by atoms with Crippen LogP contribution in [0.15, 0.2) is 68.4 Å². The minimum atomic E-state index is 0.680. The number of thiazole rings is 1. The summed E-state index contributed by atoms with van der Waals surface area (Å²) in [5, 5.41) is 7.68. The van der Waals surface area contributed by atoms with Crippen LogP contribution < -0.4 is 14.3 Å². The zero-order valence-electron chi connectivity index (χ0n) is 15.7. The summed E-state index contributed by atoms with van der Waals surface area (Å²) in [6, 6.07) is 15.5. The Morgan fingerprint density at radius 3 is 2.68 bits per heavy atom. The molecule has 7 heteroatoms. The van der Waals surface area contributed by atoms with Gasteiger partial charge in [0, 0.05) is 29.4 Å². The molecule has 0 aliphatic carbocycles. The number of methoxy groups -OCH3 is 2. The van der Waals surface area contributed by atoms with E-state index in [0.29, 0.717) is 5.75 Å². The molecule has 0 bridgehead atoms. The van der Waals surface area contributed by atoms with Crippen molar-refractivity contribution in [2.24, 2.45) is 10.1 Å². The minimum absolute atomic E-state index is 0.680. The van der Waals surface area contributed by atoms with Crippen LogP contribution in [-0.4, -0.2) is 32.2 Å². The molecule has 0 unspecified atom stereocenters. The SMILES string of the molecule is CN=c1scc(-c2cc3ccccc3o2)n1N=Cc1ccc(OC)cc1OC. The highest BCUT2D eigenvalue weighted by atomic mass is 32.1. The van der Waals surface area contributed by atoms with Gasteiger partial charge in [0.05, 0.1) is 20.4 Å². The second-order valence-electron chi connectivity index (χ2n) is 5.94. The lowest BCUT2D eigenvalue weighted by atomic mass is 10.2. The van der Waals surface area contributed by atoms with E-state index >= 15 is 0 Å². The number of fused-ring (bicyclic) bond motifs is 1. The van der Waals surface area contributed by atoms with Crippen molar-refractivity contribution in [2.45, 2.75) is 0 Å². The van der Waals surface area contributed by atoms with Crippen molar-refractivity contribution < 1.29 is 13.9 Å². The Labute approximate surface area is 166 Å². The van der Waals surface area contributed by atoms with E-state index in [9.17, 15) is 0 Å². The predicted molar refractivity (Wildman–Crippen MR) is 112 cm³/mol. The van der Waals surface area contributed by atoms with Crippen LogP contribution in [0.3, 0.4) is 0 Å². The van der Waals surface area contributed by atoms with E-state index in [1.165, 1.54) is 11.3 Å². The maximum atomic E-state index is 6.01. The molecule has 2 aromatic carbocycles. The van der Waals surface area contributed by atoms with Gasteiger partial charge < -0.3 is 13.9 Å². The Hall–Kier alpha value is -3.32. The van der Waals surface area contributed by atoms with Crippen LogP contribution >= 0.6 is 11.3 Å². The van der Waals surface area contributed by atoms with Gasteiger partial charge >= 0.3 is 0 Å². The lowest BCUT2D eigenvalue weighted by molar-refractivity contribution is 0.394. The molecule has 2 heterocycles. The van der Waals surface area contributed by atoms with Crippen molar-refractivity contribution in [3.63, 3.8) is 0 Å². The quantitative estimate of drug-likeness (QED) is 0.472. The first kappa shape index (κ1) is 18.1. The van der Waals surface area contributed by atoms with Gasteiger partial charge in [0.25, 0.3) is 0 Å². The monoisotopic (exact) mass is 393 g/mol. The summed E-state index contributed by atoms with van der Waals surface area (Å²) in [7, 11) is 4.99. The number of hydrogen-bond donors (Lipinski definition) is 0. The van der Waals surface area contributed by atoms with Gasteiger partial charge in [-0.1, -0.05) is 18.2 Å². The molecule has 0 fully saturated rings. The van der Waals surface area contributed by atoms with Crippen molar-refractivity contribution in [3.05, 3.63) is 64.3 Å². The van der Waals surface area contributed by atoms with Crippen LogP contribution in [-0.2, 0) is 0 Å². The molecule has 0 amide bonds. The van der Waals surface area contributed by atoms with Gasteiger partial charge in [-0.25, -0.2) is 4.68 Å². The summed E-state index contributed by atoms with van der Waals surface area (Å²) in [6.45, 7) is 0. The molecule has 0 atom stereocenters. The highest BCUT2D eigenvalue weighted by molar-refractivity contribution is 7.07. The molecule has 4 aromatic rings. The van der Waals surface area contributed by atoms with Crippen LogP contribution in [0, 0.1) is 0 Å². The molecule has 0 radical (unpaired) electrons. The van der Waals surface area contributed by atoms with Gasteiger partial charge in [0.15, 0.2) is 5.76 Å². The highest BCUT2D eigenvalue weighted by Gasteiger charge is 2.12. The van der Waals surface area contributed by atoms with Crippen molar-refractivity contribution >= 4 is 28.5 Å². The van der Waals surface area contributed by atoms with Gasteiger partial charge in [0.2, 0.25) is 4.80 Å². The molecule has 0 N–H and O–H groups in total. The number of furan rings is 1. The molecule has 0 aliphatic heterocycles. The van der Waals surface area contributed by atoms with Crippen molar-refractivity contribution in [1.29, 1.82) is 0 Å². The largest absolute Gasteiger partial charge is 0.497 e. The van der Waals surface area contributed by atoms with Crippen LogP contribution in [0.1, 0.15) is 5.56 Å². The smallest absolute Gasteiger partial charge is 0.206 e. The normalized spacial score (nSPS) is 12.2. The van der Waals surface area contributed by atoms with E-state index < -0.39 is 0 Å². The Balaban J connectivity index is 1.78. The molecule has 2 aromatic heterocycles. The molecule has 6 nitrogen and oxygen atoms in total. The van der Waals surface area contributed by atoms with Crippen molar-refractivity contribution in [1.82, 2.24) is 4.68 Å². The predicted octanol–water partition coefficient (Wildman–Crippen LogP) is 4.39.